The number of carbonyl (C=O) groups excluding carboxylic acids is 1. The van der Waals surface area contributed by atoms with E-state index in [0.29, 0.717) is 15.7 Å². The molecule has 0 radical (unpaired) electrons. The summed E-state index contributed by atoms with van der Waals surface area (Å²) < 4.78 is 7.19. The Kier molecular flexibility index (Phi) is 4.78. The minimum absolute atomic E-state index is 0.0284. The number of Topliss-reactive ketones (excluding diaryl/α,β-unsaturated/α-hetero) is 1. The van der Waals surface area contributed by atoms with Crippen molar-refractivity contribution in [3.05, 3.63) is 52.9 Å². The molecule has 2 heterocycles. The summed E-state index contributed by atoms with van der Waals surface area (Å²) >= 11 is 7.24. The van der Waals surface area contributed by atoms with Crippen LogP contribution in [0.1, 0.15) is 23.0 Å². The molecule has 0 N–H and O–H groups in total. The number of hydrogen-bond acceptors (Lipinski definition) is 5. The summed E-state index contributed by atoms with van der Waals surface area (Å²) in [7, 11) is 1.88. The van der Waals surface area contributed by atoms with Crippen LogP contribution < -0.4 is 0 Å². The molecular formula is C17H16ClN3O2S. The molecule has 0 bridgehead atoms. The van der Waals surface area contributed by atoms with Crippen LogP contribution in [0.4, 0.5) is 0 Å². The average Bonchev–Trinajstić information content (AvgIpc) is 3.14. The van der Waals surface area contributed by atoms with Crippen LogP contribution in [0.2, 0.25) is 5.02 Å². The van der Waals surface area contributed by atoms with E-state index >= 15 is 0 Å². The number of halogens is 1. The van der Waals surface area contributed by atoms with E-state index in [1.807, 2.05) is 31.5 Å². The van der Waals surface area contributed by atoms with Crippen molar-refractivity contribution >= 4 is 29.1 Å². The van der Waals surface area contributed by atoms with Gasteiger partial charge in [-0.2, -0.15) is 0 Å². The zero-order chi connectivity index (χ0) is 17.3. The Morgan fingerprint density at radius 3 is 2.58 bits per heavy atom. The molecule has 0 fully saturated rings. The van der Waals surface area contributed by atoms with Gasteiger partial charge in [-0.1, -0.05) is 23.4 Å². The predicted octanol–water partition coefficient (Wildman–Crippen LogP) is 4.40. The Morgan fingerprint density at radius 2 is 1.96 bits per heavy atom. The van der Waals surface area contributed by atoms with Gasteiger partial charge < -0.3 is 8.98 Å². The summed E-state index contributed by atoms with van der Waals surface area (Å²) in [5, 5.41) is 9.43. The van der Waals surface area contributed by atoms with Crippen LogP contribution in [0.15, 0.2) is 46.2 Å². The Morgan fingerprint density at radius 1 is 1.25 bits per heavy atom. The summed E-state index contributed by atoms with van der Waals surface area (Å²) in [5.41, 5.74) is 1.53. The number of hydrogen-bond donors (Lipinski definition) is 0. The number of carbonyl (C=O) groups is 1. The van der Waals surface area contributed by atoms with E-state index in [9.17, 15) is 4.79 Å². The monoisotopic (exact) mass is 361 g/mol. The molecule has 0 spiro atoms. The molecule has 0 aliphatic rings. The van der Waals surface area contributed by atoms with Crippen LogP contribution in [-0.4, -0.2) is 25.8 Å². The van der Waals surface area contributed by atoms with Crippen molar-refractivity contribution in [3.63, 3.8) is 0 Å². The van der Waals surface area contributed by atoms with Gasteiger partial charge >= 0.3 is 0 Å². The third kappa shape index (κ3) is 3.25. The third-order valence-corrected chi connectivity index (χ3v) is 5.10. The molecule has 24 heavy (non-hydrogen) atoms. The fourth-order valence-corrected chi connectivity index (χ4v) is 3.35. The van der Waals surface area contributed by atoms with Crippen molar-refractivity contribution in [2.45, 2.75) is 24.3 Å². The highest BCUT2D eigenvalue weighted by atomic mass is 35.5. The molecular weight excluding hydrogens is 346 g/mol. The number of nitrogens with zero attached hydrogens (tertiary/aromatic N) is 3. The number of aromatic nitrogens is 3. The Labute approximate surface area is 149 Å². The standard InChI is InChI=1S/C17H16ClN3O2S/c1-10-14(8-9-23-10)16-19-20-17(21(16)3)24-11(2)15(22)12-4-6-13(18)7-5-12/h4-9,11H,1-3H3/t11-/m1/s1. The molecule has 5 nitrogen and oxygen atoms in total. The van der Waals surface area contributed by atoms with Crippen molar-refractivity contribution < 1.29 is 9.21 Å². The van der Waals surface area contributed by atoms with Crippen LogP contribution in [0.3, 0.4) is 0 Å². The lowest BCUT2D eigenvalue weighted by Crippen LogP contribution is -2.14. The first-order valence-electron chi connectivity index (χ1n) is 7.37. The smallest absolute Gasteiger partial charge is 0.191 e. The number of aryl methyl sites for hydroxylation is 1. The molecule has 3 rings (SSSR count). The van der Waals surface area contributed by atoms with E-state index in [4.69, 9.17) is 16.0 Å². The molecule has 0 amide bonds. The highest BCUT2D eigenvalue weighted by Gasteiger charge is 2.21. The summed E-state index contributed by atoms with van der Waals surface area (Å²) in [6.07, 6.45) is 1.62. The molecule has 0 saturated carbocycles. The lowest BCUT2D eigenvalue weighted by atomic mass is 10.1. The van der Waals surface area contributed by atoms with Gasteiger partial charge in [0.1, 0.15) is 5.76 Å². The molecule has 7 heteroatoms. The molecule has 0 unspecified atom stereocenters. The fourth-order valence-electron chi connectivity index (χ4n) is 2.33. The normalized spacial score (nSPS) is 12.3. The minimum Gasteiger partial charge on any atom is -0.469 e. The van der Waals surface area contributed by atoms with E-state index in [2.05, 4.69) is 10.2 Å². The first-order chi connectivity index (χ1) is 11.5. The maximum absolute atomic E-state index is 12.5. The van der Waals surface area contributed by atoms with Crippen molar-refractivity contribution in [2.75, 3.05) is 0 Å². The number of rotatable bonds is 5. The highest BCUT2D eigenvalue weighted by molar-refractivity contribution is 8.00. The van der Waals surface area contributed by atoms with E-state index < -0.39 is 0 Å². The second-order valence-corrected chi connectivity index (χ2v) is 7.13. The first kappa shape index (κ1) is 16.8. The number of benzene rings is 1. The first-order valence-corrected chi connectivity index (χ1v) is 8.63. The lowest BCUT2D eigenvalue weighted by Gasteiger charge is -2.10. The fraction of sp³-hybridized carbons (Fsp3) is 0.235. The molecule has 124 valence electrons. The Balaban J connectivity index is 1.79. The van der Waals surface area contributed by atoms with E-state index in [1.54, 1.807) is 30.5 Å². The summed E-state index contributed by atoms with van der Waals surface area (Å²) in [5.74, 6) is 1.53. The van der Waals surface area contributed by atoms with Crippen LogP contribution in [0, 0.1) is 6.92 Å². The van der Waals surface area contributed by atoms with Gasteiger partial charge in [-0.15, -0.1) is 10.2 Å². The van der Waals surface area contributed by atoms with Crippen molar-refractivity contribution in [1.82, 2.24) is 14.8 Å². The number of thioether (sulfide) groups is 1. The minimum atomic E-state index is -0.285. The zero-order valence-corrected chi connectivity index (χ0v) is 15.1. The highest BCUT2D eigenvalue weighted by Crippen LogP contribution is 2.29. The molecule has 0 aliphatic heterocycles. The maximum atomic E-state index is 12.5. The number of furan rings is 1. The second-order valence-electron chi connectivity index (χ2n) is 5.39. The SMILES string of the molecule is Cc1occc1-c1nnc(S[C@H](C)C(=O)c2ccc(Cl)cc2)n1C. The molecule has 1 aromatic carbocycles. The molecule has 3 aromatic rings. The topological polar surface area (TPSA) is 60.9 Å². The van der Waals surface area contributed by atoms with Crippen molar-refractivity contribution in [3.8, 4) is 11.4 Å². The average molecular weight is 362 g/mol. The van der Waals surface area contributed by atoms with Crippen molar-refractivity contribution in [2.24, 2.45) is 7.05 Å². The van der Waals surface area contributed by atoms with Crippen molar-refractivity contribution in [1.29, 1.82) is 0 Å². The molecule has 0 saturated heterocycles. The zero-order valence-electron chi connectivity index (χ0n) is 13.5. The molecule has 2 aromatic heterocycles. The van der Waals surface area contributed by atoms with E-state index in [0.717, 1.165) is 17.1 Å². The van der Waals surface area contributed by atoms with E-state index in [1.165, 1.54) is 11.8 Å². The third-order valence-electron chi connectivity index (χ3n) is 3.71. The van der Waals surface area contributed by atoms with Gasteiger partial charge in [-0.3, -0.25) is 4.79 Å². The van der Waals surface area contributed by atoms with Crippen LogP contribution >= 0.6 is 23.4 Å². The van der Waals surface area contributed by atoms with E-state index in [-0.39, 0.29) is 11.0 Å². The second kappa shape index (κ2) is 6.83. The summed E-state index contributed by atoms with van der Waals surface area (Å²) in [4.78, 5) is 12.5. The Bertz CT molecular complexity index is 870. The van der Waals surface area contributed by atoms with Gasteiger partial charge in [0, 0.05) is 17.6 Å². The summed E-state index contributed by atoms with van der Waals surface area (Å²) in [6, 6.07) is 8.76. The van der Waals surface area contributed by atoms with Gasteiger partial charge in [0.15, 0.2) is 16.8 Å². The quantitative estimate of drug-likeness (QED) is 0.498. The van der Waals surface area contributed by atoms with Gasteiger partial charge in [0.05, 0.1) is 17.1 Å². The maximum Gasteiger partial charge on any atom is 0.191 e. The van der Waals surface area contributed by atoms with Gasteiger partial charge in [-0.05, 0) is 44.2 Å². The van der Waals surface area contributed by atoms with Gasteiger partial charge in [-0.25, -0.2) is 0 Å². The summed E-state index contributed by atoms with van der Waals surface area (Å²) in [6.45, 7) is 3.74. The van der Waals surface area contributed by atoms with Crippen LogP contribution in [0.25, 0.3) is 11.4 Å². The Hall–Kier alpha value is -2.05. The molecule has 0 aliphatic carbocycles. The molecule has 1 atom stereocenters. The largest absolute Gasteiger partial charge is 0.469 e. The predicted molar refractivity (Wildman–Crippen MR) is 94.5 cm³/mol. The lowest BCUT2D eigenvalue weighted by molar-refractivity contribution is 0.0994. The van der Waals surface area contributed by atoms with Crippen LogP contribution in [0.5, 0.6) is 0 Å². The van der Waals surface area contributed by atoms with Crippen LogP contribution in [-0.2, 0) is 7.05 Å². The van der Waals surface area contributed by atoms with Gasteiger partial charge in [0.2, 0.25) is 0 Å². The number of ketones is 1. The van der Waals surface area contributed by atoms with Gasteiger partial charge in [0.25, 0.3) is 0 Å².